The molecule has 1 aromatic heterocycles. The van der Waals surface area contributed by atoms with Crippen molar-refractivity contribution in [3.05, 3.63) is 113 Å². The van der Waals surface area contributed by atoms with Crippen molar-refractivity contribution < 1.29 is 91.1 Å². The van der Waals surface area contributed by atoms with Crippen LogP contribution in [0.4, 0.5) is 74.6 Å². The quantitative estimate of drug-likeness (QED) is 0.0922. The van der Waals surface area contributed by atoms with Gasteiger partial charge in [0.2, 0.25) is 5.43 Å². The molecule has 310 valence electrons. The Morgan fingerprint density at radius 3 is 1.32 bits per heavy atom. The summed E-state index contributed by atoms with van der Waals surface area (Å²) in [5, 5.41) is -8.60. The van der Waals surface area contributed by atoms with Crippen LogP contribution in [-0.4, -0.2) is 55.4 Å². The van der Waals surface area contributed by atoms with Crippen LogP contribution in [0.5, 0.6) is 0 Å². The largest absolute Gasteiger partial charge is 0.460 e. The van der Waals surface area contributed by atoms with Crippen LogP contribution in [0.2, 0.25) is 0 Å². The monoisotopic (exact) mass is 880 g/mol. The van der Waals surface area contributed by atoms with E-state index >= 15 is 17.6 Å². The highest BCUT2D eigenvalue weighted by molar-refractivity contribution is 8.33. The molecule has 0 bridgehead atoms. The second kappa shape index (κ2) is 13.5. The summed E-state index contributed by atoms with van der Waals surface area (Å²) in [4.78, 5) is 11.5. The molecular formula is C33H17F17O5S2. The molecule has 0 spiro atoms. The molecule has 5 nitrogen and oxygen atoms in total. The third-order valence-electron chi connectivity index (χ3n) is 8.23. The highest BCUT2D eigenvalue weighted by Crippen LogP contribution is 2.72. The van der Waals surface area contributed by atoms with Gasteiger partial charge in [-0.3, -0.25) is 4.79 Å². The van der Waals surface area contributed by atoms with Crippen LogP contribution in [0.3, 0.4) is 0 Å². The summed E-state index contributed by atoms with van der Waals surface area (Å²) in [7, 11) is -12.9. The maximum atomic E-state index is 15.6. The first-order chi connectivity index (χ1) is 25.9. The van der Waals surface area contributed by atoms with Gasteiger partial charge in [0.05, 0.1) is 10.8 Å². The van der Waals surface area contributed by atoms with E-state index in [1.54, 1.807) is 0 Å². The molecule has 0 saturated carbocycles. The molecule has 4 aromatic carbocycles. The van der Waals surface area contributed by atoms with Crippen LogP contribution in [0.15, 0.2) is 127 Å². The van der Waals surface area contributed by atoms with Crippen molar-refractivity contribution in [2.45, 2.75) is 61.7 Å². The fourth-order valence-corrected chi connectivity index (χ4v) is 10.4. The van der Waals surface area contributed by atoms with E-state index in [1.165, 1.54) is 36.4 Å². The van der Waals surface area contributed by atoms with Gasteiger partial charge >= 0.3 is 57.1 Å². The number of fused-ring (bicyclic) bond motifs is 2. The smallest absolute Gasteiger partial charge is 0.456 e. The Labute approximate surface area is 308 Å². The average molecular weight is 881 g/mol. The zero-order valence-corrected chi connectivity index (χ0v) is 28.7. The molecule has 5 rings (SSSR count). The average Bonchev–Trinajstić information content (AvgIpc) is 3.13. The normalized spacial score (nSPS) is 15.0. The standard InChI is InChI=1S/C33H17F17O5S2/c34-26(35,28(38,39)30(42,43)32(46,47)48)27(36,37)29(40,41)31(44,45)33(49,50)57(52,53)55-56(18-9-3-1-4-10-18,19-11-5-2-6-12-19)20-15-16-24-22(17-20)25(51)21-13-7-8-14-23(21)54-24/h1-17H. The second-order valence-electron chi connectivity index (χ2n) is 11.8. The first-order valence-corrected chi connectivity index (χ1v) is 17.9. The Bertz CT molecular complexity index is 2430. The lowest BCUT2D eigenvalue weighted by atomic mass is 9.91. The Morgan fingerprint density at radius 2 is 0.842 bits per heavy atom. The van der Waals surface area contributed by atoms with Crippen molar-refractivity contribution in [2.75, 3.05) is 0 Å². The molecule has 24 heteroatoms. The maximum absolute atomic E-state index is 15.6. The predicted molar refractivity (Wildman–Crippen MR) is 166 cm³/mol. The van der Waals surface area contributed by atoms with Gasteiger partial charge in [-0.2, -0.15) is 83.1 Å². The summed E-state index contributed by atoms with van der Waals surface area (Å²) < 4.78 is 277. The van der Waals surface area contributed by atoms with E-state index in [4.69, 9.17) is 4.42 Å². The van der Waals surface area contributed by atoms with Crippen LogP contribution in [0.25, 0.3) is 21.9 Å². The van der Waals surface area contributed by atoms with Gasteiger partial charge in [-0.25, -0.2) is 3.63 Å². The van der Waals surface area contributed by atoms with Crippen LogP contribution < -0.4 is 5.43 Å². The molecule has 0 radical (unpaired) electrons. The number of hydrogen-bond acceptors (Lipinski definition) is 5. The lowest BCUT2D eigenvalue weighted by molar-refractivity contribution is -0.458. The first-order valence-electron chi connectivity index (χ1n) is 14.9. The fourth-order valence-electron chi connectivity index (χ4n) is 5.20. The summed E-state index contributed by atoms with van der Waals surface area (Å²) in [5.41, 5.74) is -1.19. The minimum absolute atomic E-state index is 0.0172. The Balaban J connectivity index is 1.76. The predicted octanol–water partition coefficient (Wildman–Crippen LogP) is 11.5. The lowest BCUT2D eigenvalue weighted by Gasteiger charge is -2.43. The molecule has 0 unspecified atom stereocenters. The molecule has 0 atom stereocenters. The number of hydrogen-bond donors (Lipinski definition) is 0. The van der Waals surface area contributed by atoms with E-state index in [1.807, 2.05) is 0 Å². The highest BCUT2D eigenvalue weighted by atomic mass is 32.3. The number of benzene rings is 4. The van der Waals surface area contributed by atoms with E-state index in [0.29, 0.717) is 0 Å². The van der Waals surface area contributed by atoms with E-state index in [2.05, 4.69) is 3.63 Å². The van der Waals surface area contributed by atoms with E-state index in [9.17, 15) is 70.3 Å². The zero-order valence-electron chi connectivity index (χ0n) is 27.1. The molecule has 57 heavy (non-hydrogen) atoms. The third-order valence-corrected chi connectivity index (χ3v) is 13.4. The summed E-state index contributed by atoms with van der Waals surface area (Å²) in [6, 6.07) is 18.0. The number of para-hydroxylation sites is 1. The van der Waals surface area contributed by atoms with Gasteiger partial charge in [0.15, 0.2) is 0 Å². The fraction of sp³-hybridized carbons (Fsp3) is 0.242. The van der Waals surface area contributed by atoms with Gasteiger partial charge in [0.25, 0.3) is 0 Å². The van der Waals surface area contributed by atoms with E-state index < -0.39 is 92.9 Å². The van der Waals surface area contributed by atoms with Crippen molar-refractivity contribution in [2.24, 2.45) is 0 Å². The second-order valence-corrected chi connectivity index (χ2v) is 16.2. The van der Waals surface area contributed by atoms with Gasteiger partial charge in [0.1, 0.15) is 11.2 Å². The van der Waals surface area contributed by atoms with Gasteiger partial charge in [-0.15, -0.1) is 0 Å². The molecule has 5 aromatic rings. The van der Waals surface area contributed by atoms with Crippen LogP contribution >= 0.6 is 10.3 Å². The van der Waals surface area contributed by atoms with Crippen LogP contribution in [0.1, 0.15) is 0 Å². The SMILES string of the molecule is O=c1c2ccccc2oc2ccc(S(OS(=O)(=O)C(F)(F)C(F)(F)C(F)(F)C(F)(F)C(F)(F)C(F)(F)C(F)(F)C(F)(F)F)(c3ccccc3)c3ccccc3)cc12. The summed E-state index contributed by atoms with van der Waals surface area (Å²) in [6.45, 7) is 0. The highest BCUT2D eigenvalue weighted by Gasteiger charge is 2.96. The van der Waals surface area contributed by atoms with E-state index in [0.717, 1.165) is 66.7 Å². The molecule has 0 aliphatic heterocycles. The van der Waals surface area contributed by atoms with Gasteiger partial charge in [-0.1, -0.05) is 48.5 Å². The van der Waals surface area contributed by atoms with E-state index in [-0.39, 0.29) is 16.6 Å². The van der Waals surface area contributed by atoms with Crippen molar-refractivity contribution in [1.82, 2.24) is 0 Å². The molecule has 0 fully saturated rings. The number of halogens is 17. The molecular weight excluding hydrogens is 863 g/mol. The molecule has 0 saturated heterocycles. The third kappa shape index (κ3) is 6.11. The van der Waals surface area contributed by atoms with Gasteiger partial charge < -0.3 is 4.42 Å². The summed E-state index contributed by atoms with van der Waals surface area (Å²) in [6.07, 6.45) is -7.97. The van der Waals surface area contributed by atoms with Crippen molar-refractivity contribution in [3.63, 3.8) is 0 Å². The minimum atomic E-state index is -9.03. The molecule has 0 aliphatic rings. The lowest BCUT2D eigenvalue weighted by Crippen LogP contribution is -2.75. The topological polar surface area (TPSA) is 73.6 Å². The van der Waals surface area contributed by atoms with Crippen LogP contribution in [-0.2, 0) is 13.7 Å². The van der Waals surface area contributed by atoms with Crippen molar-refractivity contribution in [1.29, 1.82) is 0 Å². The molecule has 0 aliphatic carbocycles. The first kappa shape index (κ1) is 43.5. The molecule has 0 amide bonds. The zero-order chi connectivity index (χ0) is 43.1. The van der Waals surface area contributed by atoms with Crippen molar-refractivity contribution in [3.8, 4) is 0 Å². The summed E-state index contributed by atoms with van der Waals surface area (Å²) in [5.74, 6) is -52.7. The Morgan fingerprint density at radius 1 is 0.439 bits per heavy atom. The minimum Gasteiger partial charge on any atom is -0.456 e. The van der Waals surface area contributed by atoms with Crippen LogP contribution in [0, 0.1) is 0 Å². The van der Waals surface area contributed by atoms with Crippen molar-refractivity contribution >= 4 is 42.4 Å². The molecule has 1 heterocycles. The van der Waals surface area contributed by atoms with Gasteiger partial charge in [-0.05, 0) is 64.9 Å². The number of rotatable bonds is 12. The Kier molecular flexibility index (Phi) is 10.3. The summed E-state index contributed by atoms with van der Waals surface area (Å²) >= 11 is 0. The number of alkyl halides is 17. The van der Waals surface area contributed by atoms with Gasteiger partial charge in [0, 0.05) is 14.7 Å². The Hall–Kier alpha value is -4.58. The molecule has 0 N–H and O–H groups in total. The maximum Gasteiger partial charge on any atom is 0.460 e.